The fraction of sp³-hybridized carbons (Fsp3) is 0.429. The second-order valence-electron chi connectivity index (χ2n) is 9.09. The number of ketones is 1. The maximum Gasteiger partial charge on any atom is 0.347 e. The summed E-state index contributed by atoms with van der Waals surface area (Å²) in [4.78, 5) is 26.6. The average Bonchev–Trinajstić information content (AvgIpc) is 3.34. The normalized spacial score (nSPS) is 13.5. The van der Waals surface area contributed by atoms with Gasteiger partial charge in [0.2, 0.25) is 0 Å². The molecule has 14 heteroatoms. The number of ether oxygens (including phenoxy) is 2. The summed E-state index contributed by atoms with van der Waals surface area (Å²) in [5.41, 5.74) is 1.01. The third-order valence-corrected chi connectivity index (χ3v) is 12.3. The Bertz CT molecular complexity index is 1470. The van der Waals surface area contributed by atoms with E-state index in [1.54, 1.807) is 74.7 Å². The molecule has 0 atom stereocenters. The number of hydrogen-bond donors (Lipinski definition) is 1. The highest BCUT2D eigenvalue weighted by molar-refractivity contribution is 7.72. The van der Waals surface area contributed by atoms with E-state index in [4.69, 9.17) is 27.6 Å². The maximum atomic E-state index is 14.1. The molecule has 0 spiro atoms. The molecule has 0 radical (unpaired) electrons. The van der Waals surface area contributed by atoms with Crippen molar-refractivity contribution in [2.75, 3.05) is 45.0 Å². The summed E-state index contributed by atoms with van der Waals surface area (Å²) in [6.45, 7) is 7.32. The highest BCUT2D eigenvalue weighted by atomic mass is 31.2. The number of hydrogen-bond acceptors (Lipinski definition) is 10. The average molecular weight is 623 g/mol. The zero-order valence-corrected chi connectivity index (χ0v) is 25.9. The lowest BCUT2D eigenvalue weighted by Gasteiger charge is -2.31. The second-order valence-corrected chi connectivity index (χ2v) is 13.9. The minimum atomic E-state index is -4.06. The van der Waals surface area contributed by atoms with Crippen molar-refractivity contribution in [1.29, 1.82) is 0 Å². The van der Waals surface area contributed by atoms with Crippen LogP contribution in [0.25, 0.3) is 10.9 Å². The van der Waals surface area contributed by atoms with Gasteiger partial charge in [-0.15, -0.1) is 0 Å². The first kappa shape index (κ1) is 31.9. The molecule has 0 saturated carbocycles. The van der Waals surface area contributed by atoms with Crippen molar-refractivity contribution in [1.82, 2.24) is 4.57 Å². The Kier molecular flexibility index (Phi) is 10.6. The van der Waals surface area contributed by atoms with Crippen molar-refractivity contribution in [2.45, 2.75) is 39.6 Å². The molecule has 42 heavy (non-hydrogen) atoms. The molecular formula is C28H36N2O10P2. The van der Waals surface area contributed by atoms with Crippen LogP contribution in [0.1, 0.15) is 38.1 Å². The molecule has 3 aromatic rings. The fourth-order valence-electron chi connectivity index (χ4n) is 4.70. The highest BCUT2D eigenvalue weighted by Gasteiger charge is 2.51. The van der Waals surface area contributed by atoms with Gasteiger partial charge in [0.15, 0.2) is 16.9 Å². The van der Waals surface area contributed by atoms with E-state index in [-0.39, 0.29) is 38.5 Å². The molecule has 0 unspecified atom stereocenters. The Labute approximate surface area is 244 Å². The Hall–Kier alpha value is -2.98. The molecular weight excluding hydrogens is 586 g/mol. The second kappa shape index (κ2) is 14.0. The summed E-state index contributed by atoms with van der Waals surface area (Å²) in [6, 6.07) is 11.8. The number of anilines is 1. The lowest BCUT2D eigenvalue weighted by Crippen LogP contribution is -2.24. The van der Waals surface area contributed by atoms with Crippen molar-refractivity contribution in [3.8, 4) is 11.5 Å². The van der Waals surface area contributed by atoms with Crippen LogP contribution in [0.5, 0.6) is 11.5 Å². The standard InChI is InChI=1S/C28H36N2O10P2/c1-5-37-41(33,38-6-2)26(42(34,39-7-3)40-8-4)19-30-18-22(21-11-9-10-12-23(21)30)27(31)28(32)29-20-13-14-24-25(17-20)36-16-15-35-24/h9-14,17-18,26H,5-8,15-16,19H2,1-4H3,(H,29,32). The number of carbonyl (C=O) groups excluding carboxylic acids is 2. The first-order valence-electron chi connectivity index (χ1n) is 13.8. The van der Waals surface area contributed by atoms with Crippen molar-refractivity contribution >= 4 is 43.5 Å². The molecule has 0 saturated heterocycles. The van der Waals surface area contributed by atoms with Gasteiger partial charge < -0.3 is 37.5 Å². The first-order chi connectivity index (χ1) is 20.2. The van der Waals surface area contributed by atoms with E-state index >= 15 is 0 Å². The van der Waals surface area contributed by atoms with E-state index < -0.39 is 32.3 Å². The van der Waals surface area contributed by atoms with Crippen molar-refractivity contribution in [3.63, 3.8) is 0 Å². The molecule has 2 aromatic carbocycles. The number of aromatic nitrogens is 1. The number of Topliss-reactive ketones (excluding diaryl/α,β-unsaturated/α-hetero) is 1. The number of para-hydroxylation sites is 1. The third kappa shape index (κ3) is 6.80. The van der Waals surface area contributed by atoms with E-state index in [2.05, 4.69) is 5.32 Å². The molecule has 12 nitrogen and oxygen atoms in total. The topological polar surface area (TPSA) is 141 Å². The van der Waals surface area contributed by atoms with Gasteiger partial charge in [0.05, 0.1) is 32.0 Å². The Morgan fingerprint density at radius 2 is 1.43 bits per heavy atom. The number of nitrogens with one attached hydrogen (secondary N) is 1. The van der Waals surface area contributed by atoms with Crippen LogP contribution in [-0.4, -0.2) is 61.3 Å². The molecule has 1 aliphatic heterocycles. The summed E-state index contributed by atoms with van der Waals surface area (Å²) in [5, 5.41) is 1.74. The smallest absolute Gasteiger partial charge is 0.347 e. The predicted molar refractivity (Wildman–Crippen MR) is 158 cm³/mol. The van der Waals surface area contributed by atoms with E-state index in [0.29, 0.717) is 41.3 Å². The van der Waals surface area contributed by atoms with E-state index in [9.17, 15) is 18.7 Å². The molecule has 2 heterocycles. The lowest BCUT2D eigenvalue weighted by molar-refractivity contribution is -0.112. The van der Waals surface area contributed by atoms with E-state index in [1.165, 1.54) is 6.20 Å². The molecule has 228 valence electrons. The largest absolute Gasteiger partial charge is 0.486 e. The van der Waals surface area contributed by atoms with Crippen LogP contribution in [0.2, 0.25) is 0 Å². The summed E-state index contributed by atoms with van der Waals surface area (Å²) >= 11 is 0. The molecule has 0 bridgehead atoms. The van der Waals surface area contributed by atoms with Gasteiger partial charge in [-0.05, 0) is 45.9 Å². The quantitative estimate of drug-likeness (QED) is 0.120. The molecule has 0 fully saturated rings. The Morgan fingerprint density at radius 1 is 0.857 bits per heavy atom. The van der Waals surface area contributed by atoms with Crippen LogP contribution in [0.4, 0.5) is 5.69 Å². The molecule has 4 rings (SSSR count). The van der Waals surface area contributed by atoms with Crippen molar-refractivity contribution in [2.24, 2.45) is 0 Å². The SMILES string of the molecule is CCOP(=O)(OCC)C(Cn1cc(C(=O)C(=O)Nc2ccc3c(c2)OCCO3)c2ccccc21)P(=O)(OCC)OCC. The molecule has 1 aromatic heterocycles. The monoisotopic (exact) mass is 622 g/mol. The van der Waals surface area contributed by atoms with E-state index in [0.717, 1.165) is 0 Å². The highest BCUT2D eigenvalue weighted by Crippen LogP contribution is 2.70. The molecule has 1 aliphatic rings. The summed E-state index contributed by atoms with van der Waals surface area (Å²) in [5.74, 6) is -0.645. The van der Waals surface area contributed by atoms with Crippen molar-refractivity contribution < 1.29 is 46.3 Å². The number of fused-ring (bicyclic) bond motifs is 2. The minimum absolute atomic E-state index is 0.0300. The van der Waals surface area contributed by atoms with Crippen LogP contribution in [0, 0.1) is 0 Å². The Morgan fingerprint density at radius 3 is 2.02 bits per heavy atom. The fourth-order valence-corrected chi connectivity index (χ4v) is 9.91. The number of amides is 1. The number of rotatable bonds is 15. The van der Waals surface area contributed by atoms with Crippen LogP contribution in [0.3, 0.4) is 0 Å². The van der Waals surface area contributed by atoms with Gasteiger partial charge in [0.25, 0.3) is 11.7 Å². The zero-order chi connectivity index (χ0) is 30.3. The van der Waals surface area contributed by atoms with Crippen molar-refractivity contribution in [3.05, 3.63) is 54.2 Å². The number of benzene rings is 2. The van der Waals surface area contributed by atoms with Gasteiger partial charge in [-0.2, -0.15) is 0 Å². The van der Waals surface area contributed by atoms with Gasteiger partial charge in [-0.25, -0.2) is 0 Å². The summed E-state index contributed by atoms with van der Waals surface area (Å²) in [6.07, 6.45) is 1.47. The van der Waals surface area contributed by atoms with Gasteiger partial charge in [-0.3, -0.25) is 18.7 Å². The first-order valence-corrected chi connectivity index (χ1v) is 17.0. The number of nitrogens with zero attached hydrogens (tertiary/aromatic N) is 1. The van der Waals surface area contributed by atoms with Crippen LogP contribution in [-0.2, 0) is 38.6 Å². The molecule has 1 N–H and O–H groups in total. The van der Waals surface area contributed by atoms with Gasteiger partial charge in [0.1, 0.15) is 13.2 Å². The number of carbonyl (C=O) groups is 2. The molecule has 1 amide bonds. The third-order valence-electron chi connectivity index (χ3n) is 6.37. The van der Waals surface area contributed by atoms with Gasteiger partial charge >= 0.3 is 15.2 Å². The predicted octanol–water partition coefficient (Wildman–Crippen LogP) is 6.09. The van der Waals surface area contributed by atoms with E-state index in [1.807, 2.05) is 0 Å². The zero-order valence-electron chi connectivity index (χ0n) is 24.1. The van der Waals surface area contributed by atoms with Crippen LogP contribution >= 0.6 is 15.2 Å². The van der Waals surface area contributed by atoms with Gasteiger partial charge in [-0.1, -0.05) is 18.2 Å². The maximum absolute atomic E-state index is 14.1. The molecule has 0 aliphatic carbocycles. The lowest BCUT2D eigenvalue weighted by atomic mass is 10.1. The summed E-state index contributed by atoms with van der Waals surface area (Å²) in [7, 11) is -8.13. The minimum Gasteiger partial charge on any atom is -0.486 e. The van der Waals surface area contributed by atoms with Crippen LogP contribution < -0.4 is 14.8 Å². The Balaban J connectivity index is 1.71. The van der Waals surface area contributed by atoms with Crippen LogP contribution in [0.15, 0.2) is 48.7 Å². The van der Waals surface area contributed by atoms with Gasteiger partial charge in [0, 0.05) is 35.4 Å². The summed E-state index contributed by atoms with van der Waals surface area (Å²) < 4.78 is 63.2.